The molecule has 160 valence electrons. The predicted molar refractivity (Wildman–Crippen MR) is 107 cm³/mol. The monoisotopic (exact) mass is 406 g/mol. The summed E-state index contributed by atoms with van der Waals surface area (Å²) in [7, 11) is 0. The number of hydrogen-bond donors (Lipinski definition) is 2. The summed E-state index contributed by atoms with van der Waals surface area (Å²) >= 11 is 0. The van der Waals surface area contributed by atoms with Crippen molar-refractivity contribution in [3.63, 3.8) is 0 Å². The Bertz CT molecular complexity index is 677. The summed E-state index contributed by atoms with van der Waals surface area (Å²) in [5.74, 6) is -2.40. The van der Waals surface area contributed by atoms with Crippen LogP contribution in [0.4, 0.5) is 0 Å². The van der Waals surface area contributed by atoms with Gasteiger partial charge in [0.15, 0.2) is 0 Å². The first-order valence-electron chi connectivity index (χ1n) is 9.69. The van der Waals surface area contributed by atoms with Gasteiger partial charge in [0.05, 0.1) is 13.2 Å². The van der Waals surface area contributed by atoms with Crippen molar-refractivity contribution in [3.8, 4) is 0 Å². The third-order valence-electron chi connectivity index (χ3n) is 4.83. The molecule has 1 saturated heterocycles. The Labute approximate surface area is 171 Å². The third-order valence-corrected chi connectivity index (χ3v) is 4.83. The van der Waals surface area contributed by atoms with Gasteiger partial charge in [-0.15, -0.1) is 0 Å². The molecule has 3 N–H and O–H groups in total. The fraction of sp³-hybridized carbons (Fsp3) is 0.524. The lowest BCUT2D eigenvalue weighted by atomic mass is 9.91. The molecule has 1 fully saturated rings. The van der Waals surface area contributed by atoms with E-state index in [0.29, 0.717) is 32.7 Å². The van der Waals surface area contributed by atoms with Crippen molar-refractivity contribution in [3.05, 3.63) is 48.6 Å². The summed E-state index contributed by atoms with van der Waals surface area (Å²) in [6.07, 6.45) is 0.928. The quantitative estimate of drug-likeness (QED) is 0.320. The van der Waals surface area contributed by atoms with E-state index < -0.39 is 29.8 Å². The van der Waals surface area contributed by atoms with Gasteiger partial charge in [-0.3, -0.25) is 4.90 Å². The minimum Gasteiger partial charge on any atom is -0.479 e. The zero-order valence-electron chi connectivity index (χ0n) is 16.8. The van der Waals surface area contributed by atoms with Crippen molar-refractivity contribution < 1.29 is 28.9 Å². The molecule has 3 atom stereocenters. The molecule has 0 saturated carbocycles. The minimum absolute atomic E-state index is 0.114. The van der Waals surface area contributed by atoms with Gasteiger partial charge in [0, 0.05) is 25.6 Å². The van der Waals surface area contributed by atoms with E-state index >= 15 is 0 Å². The molecule has 1 heterocycles. The second-order valence-corrected chi connectivity index (χ2v) is 7.04. The molecule has 8 nitrogen and oxygen atoms in total. The number of hydrogen-bond acceptors (Lipinski definition) is 7. The van der Waals surface area contributed by atoms with Gasteiger partial charge in [-0.1, -0.05) is 43.0 Å². The summed E-state index contributed by atoms with van der Waals surface area (Å²) in [6.45, 7) is 7.29. The molecule has 0 amide bonds. The molecule has 0 unspecified atom stereocenters. The van der Waals surface area contributed by atoms with Crippen molar-refractivity contribution in [2.75, 3.05) is 32.9 Å². The minimum atomic E-state index is -2.21. The van der Waals surface area contributed by atoms with E-state index in [2.05, 4.69) is 6.58 Å². The van der Waals surface area contributed by atoms with Gasteiger partial charge in [-0.25, -0.2) is 9.59 Å². The van der Waals surface area contributed by atoms with E-state index in [1.807, 2.05) is 35.2 Å². The van der Waals surface area contributed by atoms with Crippen LogP contribution in [0.5, 0.6) is 0 Å². The zero-order chi connectivity index (χ0) is 21.3. The molecule has 0 aromatic heterocycles. The molecule has 0 aliphatic carbocycles. The van der Waals surface area contributed by atoms with Crippen molar-refractivity contribution in [1.29, 1.82) is 0 Å². The van der Waals surface area contributed by atoms with Gasteiger partial charge in [0.25, 0.3) is 5.60 Å². The van der Waals surface area contributed by atoms with Gasteiger partial charge in [0.2, 0.25) is 0 Å². The summed E-state index contributed by atoms with van der Waals surface area (Å²) in [4.78, 5) is 27.0. The number of aliphatic carboxylic acids is 1. The van der Waals surface area contributed by atoms with Crippen LogP contribution in [0.25, 0.3) is 0 Å². The number of carboxylic acid groups (broad SMARTS) is 1. The first kappa shape index (κ1) is 23.0. The molecular weight excluding hydrogens is 376 g/mol. The van der Waals surface area contributed by atoms with Crippen LogP contribution < -0.4 is 5.73 Å². The number of nitrogens with zero attached hydrogens (tertiary/aromatic N) is 1. The SMILES string of the molecule is C=CCOC(=O)[C@@](C[C@@H](N)Cc1ccccc1)(O[C@@H](C)N1CCOCC1)C(=O)O. The number of morpholine rings is 1. The molecule has 0 spiro atoms. The van der Waals surface area contributed by atoms with Crippen LogP contribution in [0.1, 0.15) is 18.9 Å². The van der Waals surface area contributed by atoms with Crippen LogP contribution in [-0.2, 0) is 30.2 Å². The summed E-state index contributed by atoms with van der Waals surface area (Å²) in [5.41, 5.74) is 4.98. The lowest BCUT2D eigenvalue weighted by Crippen LogP contribution is -2.58. The molecule has 0 radical (unpaired) electrons. The molecule has 1 aliphatic rings. The highest BCUT2D eigenvalue weighted by molar-refractivity contribution is 6.03. The average Bonchev–Trinajstić information content (AvgIpc) is 2.72. The highest BCUT2D eigenvalue weighted by atomic mass is 16.6. The maximum atomic E-state index is 12.8. The maximum Gasteiger partial charge on any atom is 0.350 e. The smallest absolute Gasteiger partial charge is 0.350 e. The van der Waals surface area contributed by atoms with Crippen molar-refractivity contribution in [1.82, 2.24) is 4.90 Å². The van der Waals surface area contributed by atoms with Gasteiger partial charge < -0.3 is 25.1 Å². The van der Waals surface area contributed by atoms with Crippen LogP contribution in [0, 0.1) is 0 Å². The van der Waals surface area contributed by atoms with Gasteiger partial charge in [0.1, 0.15) is 12.8 Å². The normalized spacial score (nSPS) is 19.0. The van der Waals surface area contributed by atoms with Crippen molar-refractivity contribution in [2.45, 2.75) is 37.6 Å². The number of carboxylic acids is 1. The number of esters is 1. The maximum absolute atomic E-state index is 12.8. The highest BCUT2D eigenvalue weighted by Crippen LogP contribution is 2.26. The largest absolute Gasteiger partial charge is 0.479 e. The topological polar surface area (TPSA) is 111 Å². The second-order valence-electron chi connectivity index (χ2n) is 7.04. The molecule has 1 aliphatic heterocycles. The number of carbonyl (C=O) groups excluding carboxylic acids is 1. The Kier molecular flexibility index (Phi) is 8.78. The fourth-order valence-corrected chi connectivity index (χ4v) is 3.32. The Balaban J connectivity index is 2.22. The van der Waals surface area contributed by atoms with Crippen LogP contribution >= 0.6 is 0 Å². The Morgan fingerprint density at radius 2 is 2.00 bits per heavy atom. The lowest BCUT2D eigenvalue weighted by molar-refractivity contribution is -0.210. The first-order chi connectivity index (χ1) is 13.9. The fourth-order valence-electron chi connectivity index (χ4n) is 3.32. The molecule has 1 aromatic rings. The molecule has 1 aromatic carbocycles. The Morgan fingerprint density at radius 3 is 2.59 bits per heavy atom. The first-order valence-corrected chi connectivity index (χ1v) is 9.69. The van der Waals surface area contributed by atoms with E-state index in [-0.39, 0.29) is 13.0 Å². The molecule has 29 heavy (non-hydrogen) atoms. The highest BCUT2D eigenvalue weighted by Gasteiger charge is 2.52. The molecule has 2 rings (SSSR count). The van der Waals surface area contributed by atoms with Crippen LogP contribution in [0.15, 0.2) is 43.0 Å². The van der Waals surface area contributed by atoms with Crippen LogP contribution in [-0.4, -0.2) is 72.7 Å². The second kappa shape index (κ2) is 11.1. The zero-order valence-corrected chi connectivity index (χ0v) is 16.8. The summed E-state index contributed by atoms with van der Waals surface area (Å²) in [5, 5.41) is 10.0. The van der Waals surface area contributed by atoms with E-state index in [1.54, 1.807) is 6.92 Å². The summed E-state index contributed by atoms with van der Waals surface area (Å²) < 4.78 is 16.3. The van der Waals surface area contributed by atoms with Crippen molar-refractivity contribution in [2.24, 2.45) is 5.73 Å². The number of benzene rings is 1. The van der Waals surface area contributed by atoms with Crippen LogP contribution in [0.3, 0.4) is 0 Å². The number of rotatable bonds is 11. The lowest BCUT2D eigenvalue weighted by Gasteiger charge is -2.38. The molecule has 0 bridgehead atoms. The van der Waals surface area contributed by atoms with Crippen molar-refractivity contribution >= 4 is 11.9 Å². The standard InChI is InChI=1S/C21H30N2O6/c1-3-11-28-20(26)21(19(24)25,29-16(2)23-9-12-27-13-10-23)15-18(22)14-17-7-5-4-6-8-17/h3-8,16,18H,1,9-15,22H2,2H3,(H,24,25)/t16-,18-,21-/m0/s1. The van der Waals surface area contributed by atoms with Crippen LogP contribution in [0.2, 0.25) is 0 Å². The molecule has 8 heteroatoms. The number of nitrogens with two attached hydrogens (primary N) is 1. The van der Waals surface area contributed by atoms with E-state index in [9.17, 15) is 14.7 Å². The molecular formula is C21H30N2O6. The van der Waals surface area contributed by atoms with E-state index in [0.717, 1.165) is 5.56 Å². The van der Waals surface area contributed by atoms with Gasteiger partial charge in [-0.05, 0) is 18.9 Å². The van der Waals surface area contributed by atoms with E-state index in [1.165, 1.54) is 6.08 Å². The van der Waals surface area contributed by atoms with Gasteiger partial charge in [-0.2, -0.15) is 0 Å². The Hall–Kier alpha value is -2.26. The van der Waals surface area contributed by atoms with E-state index in [4.69, 9.17) is 19.9 Å². The third kappa shape index (κ3) is 6.37. The average molecular weight is 406 g/mol. The summed E-state index contributed by atoms with van der Waals surface area (Å²) in [6, 6.07) is 8.81. The predicted octanol–water partition coefficient (Wildman–Crippen LogP) is 1.19. The number of ether oxygens (including phenoxy) is 3. The Morgan fingerprint density at radius 1 is 1.34 bits per heavy atom. The number of carbonyl (C=O) groups is 2. The van der Waals surface area contributed by atoms with Gasteiger partial charge >= 0.3 is 11.9 Å².